The fraction of sp³-hybridized carbons (Fsp3) is 0. The quantitative estimate of drug-likeness (QED) is 0.643. The van der Waals surface area contributed by atoms with Crippen LogP contribution in [0, 0.1) is 0 Å². The first-order valence-corrected chi connectivity index (χ1v) is 4.79. The summed E-state index contributed by atoms with van der Waals surface area (Å²) in [6, 6.07) is 9.64. The molecule has 1 unspecified atom stereocenters. The average molecular weight is 177 g/mol. The van der Waals surface area contributed by atoms with Gasteiger partial charge >= 0.3 is 0 Å². The highest BCUT2D eigenvalue weighted by molar-refractivity contribution is 8.07. The molecule has 0 spiro atoms. The van der Waals surface area contributed by atoms with Gasteiger partial charge in [0, 0.05) is 6.20 Å². The van der Waals surface area contributed by atoms with Gasteiger partial charge in [-0.1, -0.05) is 30.3 Å². The minimum absolute atomic E-state index is 0.788. The van der Waals surface area contributed by atoms with Crippen molar-refractivity contribution in [3.63, 3.8) is 0 Å². The van der Waals surface area contributed by atoms with E-state index in [1.54, 1.807) is 6.20 Å². The molecule has 0 saturated heterocycles. The minimum Gasteiger partial charge on any atom is -0.254 e. The van der Waals surface area contributed by atoms with Crippen LogP contribution in [0.3, 0.4) is 0 Å². The largest absolute Gasteiger partial charge is 0.254 e. The average Bonchev–Trinajstić information content (AvgIpc) is 2.53. The molecule has 60 valence electrons. The summed E-state index contributed by atoms with van der Waals surface area (Å²) in [5.41, 5.74) is 2.43. The number of benzene rings is 1. The number of aliphatic imine (C=N–C) groups is 1. The molecule has 0 bridgehead atoms. The molecule has 1 aromatic rings. The summed E-state index contributed by atoms with van der Waals surface area (Å²) in [4.78, 5) is 4.62. The van der Waals surface area contributed by atoms with Gasteiger partial charge in [-0.2, -0.15) is 0 Å². The third kappa shape index (κ3) is 1.23. The highest BCUT2D eigenvalue weighted by atomic mass is 32.2. The van der Waals surface area contributed by atoms with Gasteiger partial charge in [0.15, 0.2) is 0 Å². The van der Waals surface area contributed by atoms with E-state index < -0.39 is 10.8 Å². The van der Waals surface area contributed by atoms with Crippen molar-refractivity contribution >= 4 is 21.3 Å². The first-order chi connectivity index (χ1) is 5.88. The first kappa shape index (κ1) is 7.43. The molecule has 0 saturated carbocycles. The van der Waals surface area contributed by atoms with Gasteiger partial charge in [-0.25, -0.2) is 4.21 Å². The standard InChI is InChI=1S/C9H7NOS/c11-12-7-10-6-9(12)8-4-2-1-3-5-8/h1-7H. The van der Waals surface area contributed by atoms with Crippen LogP contribution in [0.5, 0.6) is 0 Å². The molecule has 2 rings (SSSR count). The molecular weight excluding hydrogens is 170 g/mol. The number of nitrogens with zero attached hydrogens (tertiary/aromatic N) is 1. The van der Waals surface area contributed by atoms with E-state index in [0.29, 0.717) is 0 Å². The van der Waals surface area contributed by atoms with Gasteiger partial charge in [0.2, 0.25) is 0 Å². The smallest absolute Gasteiger partial charge is 0.0983 e. The molecule has 1 aromatic carbocycles. The Bertz CT molecular complexity index is 367. The van der Waals surface area contributed by atoms with Gasteiger partial charge in [-0.05, 0) is 5.56 Å². The third-order valence-electron chi connectivity index (χ3n) is 1.62. The van der Waals surface area contributed by atoms with Crippen molar-refractivity contribution in [1.82, 2.24) is 0 Å². The van der Waals surface area contributed by atoms with Crippen LogP contribution < -0.4 is 0 Å². The van der Waals surface area contributed by atoms with Crippen LogP contribution in [0.4, 0.5) is 0 Å². The van der Waals surface area contributed by atoms with E-state index >= 15 is 0 Å². The van der Waals surface area contributed by atoms with E-state index in [0.717, 1.165) is 10.5 Å². The zero-order valence-electron chi connectivity index (χ0n) is 6.31. The van der Waals surface area contributed by atoms with Gasteiger partial charge in [-0.3, -0.25) is 4.99 Å². The Morgan fingerprint density at radius 3 is 2.50 bits per heavy atom. The van der Waals surface area contributed by atoms with Crippen LogP contribution in [-0.2, 0) is 10.8 Å². The van der Waals surface area contributed by atoms with Crippen molar-refractivity contribution in [2.45, 2.75) is 0 Å². The lowest BCUT2D eigenvalue weighted by molar-refractivity contribution is 0.695. The maximum Gasteiger partial charge on any atom is 0.0983 e. The molecule has 1 aliphatic heterocycles. The van der Waals surface area contributed by atoms with Crippen LogP contribution in [0.1, 0.15) is 5.56 Å². The van der Waals surface area contributed by atoms with Crippen LogP contribution in [-0.4, -0.2) is 9.76 Å². The summed E-state index contributed by atoms with van der Waals surface area (Å²) >= 11 is 0. The maximum absolute atomic E-state index is 11.3. The molecule has 0 aliphatic carbocycles. The topological polar surface area (TPSA) is 29.4 Å². The lowest BCUT2D eigenvalue weighted by atomic mass is 10.2. The monoisotopic (exact) mass is 177 g/mol. The van der Waals surface area contributed by atoms with E-state index in [2.05, 4.69) is 4.99 Å². The molecule has 1 heterocycles. The van der Waals surface area contributed by atoms with E-state index in [1.807, 2.05) is 30.3 Å². The normalized spacial score (nSPS) is 21.0. The van der Waals surface area contributed by atoms with Crippen molar-refractivity contribution in [2.75, 3.05) is 0 Å². The predicted octanol–water partition coefficient (Wildman–Crippen LogP) is 1.78. The second-order valence-corrected chi connectivity index (χ2v) is 3.66. The lowest BCUT2D eigenvalue weighted by Crippen LogP contribution is -1.89. The van der Waals surface area contributed by atoms with Crippen molar-refractivity contribution < 1.29 is 4.21 Å². The van der Waals surface area contributed by atoms with E-state index in [1.165, 1.54) is 5.55 Å². The molecule has 12 heavy (non-hydrogen) atoms. The fourth-order valence-corrected chi connectivity index (χ4v) is 1.87. The molecule has 0 fully saturated rings. The summed E-state index contributed by atoms with van der Waals surface area (Å²) in [7, 11) is -1.04. The summed E-state index contributed by atoms with van der Waals surface area (Å²) in [6.45, 7) is 0. The fourth-order valence-electron chi connectivity index (χ4n) is 1.06. The van der Waals surface area contributed by atoms with E-state index in [-0.39, 0.29) is 0 Å². The summed E-state index contributed by atoms with van der Waals surface area (Å²) in [6.07, 6.45) is 1.64. The van der Waals surface area contributed by atoms with Gasteiger partial charge in [0.1, 0.15) is 0 Å². The van der Waals surface area contributed by atoms with Crippen molar-refractivity contribution in [3.8, 4) is 0 Å². The van der Waals surface area contributed by atoms with Crippen LogP contribution in [0.25, 0.3) is 4.91 Å². The molecule has 0 amide bonds. The van der Waals surface area contributed by atoms with E-state index in [4.69, 9.17) is 0 Å². The highest BCUT2D eigenvalue weighted by Gasteiger charge is 2.10. The SMILES string of the molecule is O=S1C=NC=C1c1ccccc1. The molecule has 1 aliphatic rings. The molecule has 3 heteroatoms. The number of rotatable bonds is 1. The van der Waals surface area contributed by atoms with Gasteiger partial charge in [-0.15, -0.1) is 0 Å². The minimum atomic E-state index is -1.04. The van der Waals surface area contributed by atoms with Gasteiger partial charge in [0.05, 0.1) is 21.3 Å². The Balaban J connectivity index is 2.40. The second-order valence-electron chi connectivity index (χ2n) is 2.41. The molecule has 0 radical (unpaired) electrons. The number of hydrogen-bond acceptors (Lipinski definition) is 2. The maximum atomic E-state index is 11.3. The van der Waals surface area contributed by atoms with Gasteiger partial charge < -0.3 is 0 Å². The summed E-state index contributed by atoms with van der Waals surface area (Å²) < 4.78 is 11.3. The van der Waals surface area contributed by atoms with Crippen LogP contribution >= 0.6 is 0 Å². The number of hydrogen-bond donors (Lipinski definition) is 0. The van der Waals surface area contributed by atoms with Crippen molar-refractivity contribution in [2.24, 2.45) is 4.99 Å². The Morgan fingerprint density at radius 2 is 1.92 bits per heavy atom. The molecular formula is C9H7NOS. The Morgan fingerprint density at radius 1 is 1.17 bits per heavy atom. The Labute approximate surface area is 73.1 Å². The lowest BCUT2D eigenvalue weighted by Gasteiger charge is -1.97. The van der Waals surface area contributed by atoms with Crippen molar-refractivity contribution in [1.29, 1.82) is 0 Å². The summed E-state index contributed by atoms with van der Waals surface area (Å²) in [5.74, 6) is 0. The third-order valence-corrected chi connectivity index (χ3v) is 2.71. The molecule has 2 nitrogen and oxygen atoms in total. The Kier molecular flexibility index (Phi) is 1.87. The van der Waals surface area contributed by atoms with Crippen molar-refractivity contribution in [3.05, 3.63) is 42.1 Å². The van der Waals surface area contributed by atoms with E-state index in [9.17, 15) is 4.21 Å². The first-order valence-electron chi connectivity index (χ1n) is 3.57. The van der Waals surface area contributed by atoms with Gasteiger partial charge in [0.25, 0.3) is 0 Å². The second kappa shape index (κ2) is 3.03. The predicted molar refractivity (Wildman–Crippen MR) is 51.1 cm³/mol. The zero-order valence-corrected chi connectivity index (χ0v) is 7.12. The van der Waals surface area contributed by atoms with Crippen LogP contribution in [0.15, 0.2) is 41.5 Å². The molecule has 1 atom stereocenters. The van der Waals surface area contributed by atoms with Crippen LogP contribution in [0.2, 0.25) is 0 Å². The zero-order chi connectivity index (χ0) is 8.39. The summed E-state index contributed by atoms with van der Waals surface area (Å²) in [5, 5.41) is 0. The highest BCUT2D eigenvalue weighted by Crippen LogP contribution is 2.20. The Hall–Kier alpha value is -1.22. The molecule has 0 N–H and O–H groups in total. The molecule has 0 aromatic heterocycles.